The van der Waals surface area contributed by atoms with E-state index >= 15 is 0 Å². The van der Waals surface area contributed by atoms with Crippen LogP contribution in [0.4, 0.5) is 5.95 Å². The van der Waals surface area contributed by atoms with Crippen molar-refractivity contribution in [1.29, 1.82) is 0 Å². The Bertz CT molecular complexity index is 720. The maximum atomic E-state index is 5.78. The number of nitrogens with zero attached hydrogens (tertiary/aromatic N) is 3. The Labute approximate surface area is 136 Å². The summed E-state index contributed by atoms with van der Waals surface area (Å²) in [7, 11) is 1.62. The van der Waals surface area contributed by atoms with Gasteiger partial charge in [0.1, 0.15) is 0 Å². The van der Waals surface area contributed by atoms with Crippen LogP contribution in [0, 0.1) is 6.92 Å². The number of nitrogens with two attached hydrogens (primary N) is 1. The molecule has 0 aliphatic heterocycles. The lowest BCUT2D eigenvalue weighted by atomic mass is 10.1. The van der Waals surface area contributed by atoms with Gasteiger partial charge in [0.25, 0.3) is 0 Å². The largest absolute Gasteiger partial charge is 0.493 e. The van der Waals surface area contributed by atoms with Crippen LogP contribution in [-0.4, -0.2) is 29.6 Å². The van der Waals surface area contributed by atoms with Gasteiger partial charge in [-0.05, 0) is 38.0 Å². The molecule has 0 saturated carbocycles. The molecule has 122 valence electrons. The quantitative estimate of drug-likeness (QED) is 0.630. The van der Waals surface area contributed by atoms with Gasteiger partial charge >= 0.3 is 0 Å². The Kier molecular flexibility index (Phi) is 5.41. The molecule has 2 N–H and O–H groups in total. The molecule has 0 radical (unpaired) electrons. The van der Waals surface area contributed by atoms with Gasteiger partial charge in [0, 0.05) is 5.56 Å². The number of anilines is 1. The molecule has 0 fully saturated rings. The van der Waals surface area contributed by atoms with E-state index in [0.717, 1.165) is 22.6 Å². The molecule has 0 aliphatic rings. The van der Waals surface area contributed by atoms with Gasteiger partial charge in [-0.3, -0.25) is 0 Å². The summed E-state index contributed by atoms with van der Waals surface area (Å²) < 4.78 is 12.7. The van der Waals surface area contributed by atoms with Crippen LogP contribution in [0.1, 0.15) is 23.7 Å². The monoisotopic (exact) mass is 314 g/mol. The van der Waals surface area contributed by atoms with Crippen molar-refractivity contribution in [1.82, 2.24) is 9.66 Å². The van der Waals surface area contributed by atoms with Crippen LogP contribution in [0.15, 0.2) is 36.1 Å². The van der Waals surface area contributed by atoms with E-state index in [1.165, 1.54) is 4.68 Å². The lowest BCUT2D eigenvalue weighted by molar-refractivity contribution is 0.308. The molecule has 1 aromatic carbocycles. The van der Waals surface area contributed by atoms with Crippen LogP contribution < -0.4 is 15.2 Å². The molecule has 2 aromatic rings. The normalized spacial score (nSPS) is 10.9. The van der Waals surface area contributed by atoms with Crippen LogP contribution in [-0.2, 0) is 6.42 Å². The van der Waals surface area contributed by atoms with Gasteiger partial charge in [0.15, 0.2) is 11.5 Å². The van der Waals surface area contributed by atoms with Crippen molar-refractivity contribution in [3.8, 4) is 11.5 Å². The first kappa shape index (κ1) is 16.6. The molecule has 23 heavy (non-hydrogen) atoms. The number of hydrogen-bond donors (Lipinski definition) is 1. The van der Waals surface area contributed by atoms with Gasteiger partial charge in [0.2, 0.25) is 5.95 Å². The number of benzene rings is 1. The number of nitrogen functional groups attached to an aromatic ring is 1. The molecule has 1 heterocycles. The molecule has 0 aliphatic carbocycles. The molecule has 0 unspecified atom stereocenters. The zero-order valence-electron chi connectivity index (χ0n) is 13.7. The first-order valence-corrected chi connectivity index (χ1v) is 7.39. The Morgan fingerprint density at radius 3 is 2.78 bits per heavy atom. The summed E-state index contributed by atoms with van der Waals surface area (Å²) in [5.41, 5.74) is 8.48. The van der Waals surface area contributed by atoms with E-state index in [4.69, 9.17) is 15.2 Å². The van der Waals surface area contributed by atoms with Crippen molar-refractivity contribution in [2.75, 3.05) is 19.5 Å². The summed E-state index contributed by atoms with van der Waals surface area (Å²) >= 11 is 0. The zero-order chi connectivity index (χ0) is 16.8. The van der Waals surface area contributed by atoms with E-state index in [9.17, 15) is 0 Å². The zero-order valence-corrected chi connectivity index (χ0v) is 13.7. The van der Waals surface area contributed by atoms with Crippen molar-refractivity contribution < 1.29 is 9.47 Å². The molecule has 0 amide bonds. The van der Waals surface area contributed by atoms with Crippen LogP contribution in [0.3, 0.4) is 0 Å². The first-order valence-electron chi connectivity index (χ1n) is 7.39. The van der Waals surface area contributed by atoms with Gasteiger partial charge < -0.3 is 15.2 Å². The fourth-order valence-corrected chi connectivity index (χ4v) is 2.25. The van der Waals surface area contributed by atoms with Crippen LogP contribution in [0.25, 0.3) is 0 Å². The Morgan fingerprint density at radius 1 is 1.43 bits per heavy atom. The first-order chi connectivity index (χ1) is 11.1. The highest BCUT2D eigenvalue weighted by Gasteiger charge is 2.11. The molecule has 0 bridgehead atoms. The van der Waals surface area contributed by atoms with E-state index in [1.54, 1.807) is 19.5 Å². The summed E-state index contributed by atoms with van der Waals surface area (Å²) in [4.78, 5) is 4.11. The number of hydrogen-bond acceptors (Lipinski definition) is 5. The van der Waals surface area contributed by atoms with Gasteiger partial charge in [0.05, 0.1) is 31.8 Å². The molecule has 2 rings (SSSR count). The van der Waals surface area contributed by atoms with E-state index in [-0.39, 0.29) is 0 Å². The topological polar surface area (TPSA) is 74.7 Å². The maximum absolute atomic E-state index is 5.78. The molecule has 1 aromatic heterocycles. The third-order valence-corrected chi connectivity index (χ3v) is 3.19. The number of aryl methyl sites for hydroxylation is 1. The fourth-order valence-electron chi connectivity index (χ4n) is 2.25. The third-order valence-electron chi connectivity index (χ3n) is 3.19. The highest BCUT2D eigenvalue weighted by molar-refractivity contribution is 5.81. The predicted molar refractivity (Wildman–Crippen MR) is 92.4 cm³/mol. The van der Waals surface area contributed by atoms with E-state index in [2.05, 4.69) is 16.7 Å². The van der Waals surface area contributed by atoms with Crippen LogP contribution >= 0.6 is 0 Å². The van der Waals surface area contributed by atoms with Crippen LogP contribution in [0.2, 0.25) is 0 Å². The summed E-state index contributed by atoms with van der Waals surface area (Å²) in [6, 6.07) is 3.87. The molecule has 0 spiro atoms. The van der Waals surface area contributed by atoms with Gasteiger partial charge in [-0.2, -0.15) is 5.10 Å². The highest BCUT2D eigenvalue weighted by atomic mass is 16.5. The van der Waals surface area contributed by atoms with E-state index in [1.807, 2.05) is 32.1 Å². The smallest absolute Gasteiger partial charge is 0.221 e. The van der Waals surface area contributed by atoms with Crippen molar-refractivity contribution >= 4 is 12.2 Å². The highest BCUT2D eigenvalue weighted by Crippen LogP contribution is 2.33. The molecule has 6 heteroatoms. The van der Waals surface area contributed by atoms with Crippen molar-refractivity contribution in [2.24, 2.45) is 5.10 Å². The predicted octanol–water partition coefficient (Wildman–Crippen LogP) is 2.79. The molecule has 0 atom stereocenters. The Balaban J connectivity index is 2.40. The fraction of sp³-hybridized carbons (Fsp3) is 0.294. The molecule has 6 nitrogen and oxygen atoms in total. The lowest BCUT2D eigenvalue weighted by Gasteiger charge is -2.14. The summed E-state index contributed by atoms with van der Waals surface area (Å²) in [6.07, 6.45) is 5.99. The number of methoxy groups -OCH3 is 1. The second kappa shape index (κ2) is 7.49. The third kappa shape index (κ3) is 3.91. The standard InChI is InChI=1S/C17H22N4O2/c1-5-7-14-8-13(9-15(22-4)16(14)23-6-2)10-19-21-11-12(3)20-17(21)18/h5,8-11H,1,6-7H2,2-4H3,(H2,18,20). The number of ether oxygens (including phenoxy) is 2. The van der Waals surface area contributed by atoms with E-state index < -0.39 is 0 Å². The summed E-state index contributed by atoms with van der Waals surface area (Å²) in [5, 5.41) is 4.33. The van der Waals surface area contributed by atoms with Gasteiger partial charge in [-0.1, -0.05) is 6.08 Å². The average molecular weight is 314 g/mol. The summed E-state index contributed by atoms with van der Waals surface area (Å²) in [6.45, 7) is 8.17. The summed E-state index contributed by atoms with van der Waals surface area (Å²) in [5.74, 6) is 1.76. The van der Waals surface area contributed by atoms with Crippen molar-refractivity contribution in [3.05, 3.63) is 47.8 Å². The minimum Gasteiger partial charge on any atom is -0.493 e. The van der Waals surface area contributed by atoms with Crippen molar-refractivity contribution in [3.63, 3.8) is 0 Å². The van der Waals surface area contributed by atoms with Gasteiger partial charge in [-0.15, -0.1) is 6.58 Å². The number of allylic oxidation sites excluding steroid dienone is 1. The average Bonchev–Trinajstić information content (AvgIpc) is 2.85. The van der Waals surface area contributed by atoms with Gasteiger partial charge in [-0.25, -0.2) is 9.66 Å². The Morgan fingerprint density at radius 2 is 2.22 bits per heavy atom. The Hall–Kier alpha value is -2.76. The minimum absolute atomic E-state index is 0.350. The second-order valence-corrected chi connectivity index (χ2v) is 4.97. The number of rotatable bonds is 7. The number of imidazole rings is 1. The SMILES string of the molecule is C=CCc1cc(C=Nn2cc(C)nc2N)cc(OC)c1OCC. The molecule has 0 saturated heterocycles. The van der Waals surface area contributed by atoms with E-state index in [0.29, 0.717) is 24.7 Å². The minimum atomic E-state index is 0.350. The molecular weight excluding hydrogens is 292 g/mol. The molecular formula is C17H22N4O2. The van der Waals surface area contributed by atoms with Crippen molar-refractivity contribution in [2.45, 2.75) is 20.3 Å². The van der Waals surface area contributed by atoms with Crippen LogP contribution in [0.5, 0.6) is 11.5 Å². The lowest BCUT2D eigenvalue weighted by Crippen LogP contribution is -2.02. The maximum Gasteiger partial charge on any atom is 0.221 e. The second-order valence-electron chi connectivity index (χ2n) is 4.97. The number of aromatic nitrogens is 2.